The van der Waals surface area contributed by atoms with Crippen molar-refractivity contribution in [3.63, 3.8) is 0 Å². The highest BCUT2D eigenvalue weighted by atomic mass is 32.2. The van der Waals surface area contributed by atoms with Gasteiger partial charge in [-0.25, -0.2) is 8.42 Å². The highest BCUT2D eigenvalue weighted by Crippen LogP contribution is 2.17. The SMILES string of the molecule is COc1ccccc1C(=O)N[C@@H](CCS(C)(=O)=O)C(=O)Nc1ccc(C)cc1. The van der Waals surface area contributed by atoms with E-state index in [1.807, 2.05) is 19.1 Å². The van der Waals surface area contributed by atoms with Crippen LogP contribution in [0.3, 0.4) is 0 Å². The number of amides is 2. The number of rotatable bonds is 8. The number of carbonyl (C=O) groups is 2. The Kier molecular flexibility index (Phi) is 7.17. The average Bonchev–Trinajstić information content (AvgIpc) is 2.65. The molecule has 8 heteroatoms. The molecular formula is C20H24N2O5S. The zero-order chi connectivity index (χ0) is 20.7. The Labute approximate surface area is 165 Å². The summed E-state index contributed by atoms with van der Waals surface area (Å²) < 4.78 is 28.3. The van der Waals surface area contributed by atoms with E-state index in [1.165, 1.54) is 7.11 Å². The van der Waals surface area contributed by atoms with Crippen LogP contribution in [0.1, 0.15) is 22.3 Å². The van der Waals surface area contributed by atoms with E-state index in [1.54, 1.807) is 36.4 Å². The minimum atomic E-state index is -3.30. The summed E-state index contributed by atoms with van der Waals surface area (Å²) in [6.07, 6.45) is 1.04. The molecule has 0 radical (unpaired) electrons. The van der Waals surface area contributed by atoms with Crippen molar-refractivity contribution in [2.75, 3.05) is 24.4 Å². The topological polar surface area (TPSA) is 102 Å². The maximum atomic E-state index is 12.7. The zero-order valence-corrected chi connectivity index (χ0v) is 16.9. The molecule has 2 aromatic rings. The maximum absolute atomic E-state index is 12.7. The zero-order valence-electron chi connectivity index (χ0n) is 16.1. The standard InChI is InChI=1S/C20H24N2O5S/c1-14-8-10-15(11-9-14)21-20(24)17(12-13-28(3,25)26)22-19(23)16-6-4-5-7-18(16)27-2/h4-11,17H,12-13H2,1-3H3,(H,21,24)(H,22,23)/t17-/m0/s1. The largest absolute Gasteiger partial charge is 0.496 e. The lowest BCUT2D eigenvalue weighted by atomic mass is 10.1. The van der Waals surface area contributed by atoms with Crippen molar-refractivity contribution < 1.29 is 22.7 Å². The molecule has 2 rings (SSSR count). The van der Waals surface area contributed by atoms with Crippen molar-refractivity contribution in [3.05, 3.63) is 59.7 Å². The predicted octanol–water partition coefficient (Wildman–Crippen LogP) is 2.18. The maximum Gasteiger partial charge on any atom is 0.255 e. The van der Waals surface area contributed by atoms with Crippen molar-refractivity contribution >= 4 is 27.3 Å². The number of hydrogen-bond donors (Lipinski definition) is 2. The van der Waals surface area contributed by atoms with Gasteiger partial charge in [-0.3, -0.25) is 9.59 Å². The molecule has 0 heterocycles. The number of aryl methyl sites for hydroxylation is 1. The Morgan fingerprint density at radius 2 is 1.71 bits per heavy atom. The lowest BCUT2D eigenvalue weighted by molar-refractivity contribution is -0.118. The van der Waals surface area contributed by atoms with Crippen LogP contribution in [-0.4, -0.2) is 45.4 Å². The van der Waals surface area contributed by atoms with Crippen LogP contribution in [0.5, 0.6) is 5.75 Å². The number of sulfone groups is 1. The van der Waals surface area contributed by atoms with E-state index >= 15 is 0 Å². The van der Waals surface area contributed by atoms with Crippen LogP contribution in [0, 0.1) is 6.92 Å². The number of benzene rings is 2. The second kappa shape index (κ2) is 9.36. The molecule has 0 saturated carbocycles. The van der Waals surface area contributed by atoms with E-state index < -0.39 is 27.7 Å². The van der Waals surface area contributed by atoms with Gasteiger partial charge >= 0.3 is 0 Å². The third-order valence-corrected chi connectivity index (χ3v) is 5.05. The Hall–Kier alpha value is -2.87. The smallest absolute Gasteiger partial charge is 0.255 e. The number of anilines is 1. The number of carbonyl (C=O) groups excluding carboxylic acids is 2. The Morgan fingerprint density at radius 1 is 1.07 bits per heavy atom. The van der Waals surface area contributed by atoms with Crippen LogP contribution in [-0.2, 0) is 14.6 Å². The summed E-state index contributed by atoms with van der Waals surface area (Å²) in [5.74, 6) is -0.878. The molecule has 2 N–H and O–H groups in total. The second-order valence-electron chi connectivity index (χ2n) is 6.50. The van der Waals surface area contributed by atoms with Crippen LogP contribution in [0.4, 0.5) is 5.69 Å². The molecule has 150 valence electrons. The summed E-state index contributed by atoms with van der Waals surface area (Å²) in [6.45, 7) is 1.92. The molecule has 28 heavy (non-hydrogen) atoms. The quantitative estimate of drug-likeness (QED) is 0.702. The molecule has 0 aliphatic rings. The normalized spacial score (nSPS) is 12.1. The molecule has 0 unspecified atom stereocenters. The van der Waals surface area contributed by atoms with Gasteiger partial charge in [-0.15, -0.1) is 0 Å². The molecule has 0 bridgehead atoms. The van der Waals surface area contributed by atoms with Crippen molar-refractivity contribution in [1.82, 2.24) is 5.32 Å². The summed E-state index contributed by atoms with van der Waals surface area (Å²) in [5, 5.41) is 5.33. The fourth-order valence-electron chi connectivity index (χ4n) is 2.54. The van der Waals surface area contributed by atoms with Gasteiger partial charge in [-0.2, -0.15) is 0 Å². The first-order chi connectivity index (χ1) is 13.2. The summed E-state index contributed by atoms with van der Waals surface area (Å²) in [5.41, 5.74) is 1.86. The monoisotopic (exact) mass is 404 g/mol. The van der Waals surface area contributed by atoms with E-state index in [0.29, 0.717) is 11.4 Å². The first kappa shape index (κ1) is 21.4. The molecule has 7 nitrogen and oxygen atoms in total. The third kappa shape index (κ3) is 6.38. The van der Waals surface area contributed by atoms with E-state index in [4.69, 9.17) is 4.74 Å². The van der Waals surface area contributed by atoms with Gasteiger partial charge in [-0.1, -0.05) is 29.8 Å². The number of hydrogen-bond acceptors (Lipinski definition) is 5. The molecule has 1 atom stereocenters. The van der Waals surface area contributed by atoms with Crippen LogP contribution >= 0.6 is 0 Å². The Morgan fingerprint density at radius 3 is 2.32 bits per heavy atom. The molecular weight excluding hydrogens is 380 g/mol. The van der Waals surface area contributed by atoms with Crippen molar-refractivity contribution in [1.29, 1.82) is 0 Å². The third-order valence-electron chi connectivity index (χ3n) is 4.07. The Balaban J connectivity index is 2.19. The van der Waals surface area contributed by atoms with Gasteiger partial charge in [0, 0.05) is 11.9 Å². The van der Waals surface area contributed by atoms with Crippen molar-refractivity contribution in [2.45, 2.75) is 19.4 Å². The highest BCUT2D eigenvalue weighted by molar-refractivity contribution is 7.90. The molecule has 0 saturated heterocycles. The summed E-state index contributed by atoms with van der Waals surface area (Å²) in [6, 6.07) is 12.7. The van der Waals surface area contributed by atoms with Crippen LogP contribution in [0.2, 0.25) is 0 Å². The molecule has 0 aliphatic heterocycles. The van der Waals surface area contributed by atoms with Crippen LogP contribution < -0.4 is 15.4 Å². The van der Waals surface area contributed by atoms with Gasteiger partial charge in [-0.05, 0) is 37.6 Å². The number of methoxy groups -OCH3 is 1. The van der Waals surface area contributed by atoms with Crippen molar-refractivity contribution in [3.8, 4) is 5.75 Å². The van der Waals surface area contributed by atoms with E-state index in [0.717, 1.165) is 11.8 Å². The van der Waals surface area contributed by atoms with Crippen LogP contribution in [0.15, 0.2) is 48.5 Å². The van der Waals surface area contributed by atoms with Gasteiger partial charge in [0.2, 0.25) is 5.91 Å². The predicted molar refractivity (Wildman–Crippen MR) is 108 cm³/mol. The van der Waals surface area contributed by atoms with E-state index in [9.17, 15) is 18.0 Å². The fourth-order valence-corrected chi connectivity index (χ4v) is 3.20. The minimum absolute atomic E-state index is 0.0442. The molecule has 0 aliphatic carbocycles. The number of ether oxygens (including phenoxy) is 1. The average molecular weight is 404 g/mol. The first-order valence-electron chi connectivity index (χ1n) is 8.69. The van der Waals surface area contributed by atoms with Gasteiger partial charge in [0.25, 0.3) is 5.91 Å². The van der Waals surface area contributed by atoms with Crippen molar-refractivity contribution in [2.24, 2.45) is 0 Å². The minimum Gasteiger partial charge on any atom is -0.496 e. The molecule has 0 spiro atoms. The lowest BCUT2D eigenvalue weighted by Gasteiger charge is -2.19. The number of nitrogens with one attached hydrogen (secondary N) is 2. The van der Waals surface area contributed by atoms with Gasteiger partial charge in [0.05, 0.1) is 18.4 Å². The first-order valence-corrected chi connectivity index (χ1v) is 10.7. The van der Waals surface area contributed by atoms with E-state index in [-0.39, 0.29) is 17.7 Å². The molecule has 2 amide bonds. The van der Waals surface area contributed by atoms with Gasteiger partial charge in [0.15, 0.2) is 0 Å². The molecule has 0 fully saturated rings. The van der Waals surface area contributed by atoms with E-state index in [2.05, 4.69) is 10.6 Å². The summed E-state index contributed by atoms with van der Waals surface area (Å²) in [4.78, 5) is 25.3. The van der Waals surface area contributed by atoms with Crippen LogP contribution in [0.25, 0.3) is 0 Å². The fraction of sp³-hybridized carbons (Fsp3) is 0.300. The second-order valence-corrected chi connectivity index (χ2v) is 8.76. The Bertz CT molecular complexity index is 939. The summed E-state index contributed by atoms with van der Waals surface area (Å²) in [7, 11) is -1.86. The lowest BCUT2D eigenvalue weighted by Crippen LogP contribution is -2.44. The summed E-state index contributed by atoms with van der Waals surface area (Å²) >= 11 is 0. The highest BCUT2D eigenvalue weighted by Gasteiger charge is 2.24. The van der Waals surface area contributed by atoms with Gasteiger partial charge < -0.3 is 15.4 Å². The number of para-hydroxylation sites is 1. The molecule has 2 aromatic carbocycles. The molecule has 0 aromatic heterocycles. The van der Waals surface area contributed by atoms with Gasteiger partial charge in [0.1, 0.15) is 21.6 Å².